The Morgan fingerprint density at radius 1 is 0.824 bits per heavy atom. The summed E-state index contributed by atoms with van der Waals surface area (Å²) in [6.45, 7) is 15.2. The van der Waals surface area contributed by atoms with Crippen molar-refractivity contribution in [3.05, 3.63) is 0 Å². The minimum atomic E-state index is 0.741. The normalized spacial score (nSPS) is 13.9. The summed E-state index contributed by atoms with van der Waals surface area (Å²) in [4.78, 5) is 0. The number of hydrogen-bond donors (Lipinski definition) is 1. The Bertz CT molecular complexity index is 153. The molecule has 104 valence electrons. The summed E-state index contributed by atoms with van der Waals surface area (Å²) >= 11 is 0. The van der Waals surface area contributed by atoms with Gasteiger partial charge in [-0.2, -0.15) is 0 Å². The molecule has 1 unspecified atom stereocenters. The van der Waals surface area contributed by atoms with Gasteiger partial charge in [0.15, 0.2) is 0 Å². The van der Waals surface area contributed by atoms with Gasteiger partial charge in [-0.25, -0.2) is 0 Å². The number of nitrogens with one attached hydrogen (secondary N) is 1. The van der Waals surface area contributed by atoms with Gasteiger partial charge in [0.25, 0.3) is 0 Å². The van der Waals surface area contributed by atoms with Crippen molar-refractivity contribution in [3.8, 4) is 0 Å². The van der Waals surface area contributed by atoms with Gasteiger partial charge in [0.1, 0.15) is 0 Å². The first kappa shape index (κ1) is 17.0. The van der Waals surface area contributed by atoms with E-state index in [-0.39, 0.29) is 0 Å². The molecule has 0 aromatic heterocycles. The van der Waals surface area contributed by atoms with Gasteiger partial charge < -0.3 is 5.32 Å². The minimum Gasteiger partial charge on any atom is -0.314 e. The number of rotatable bonds is 10. The van der Waals surface area contributed by atoms with E-state index in [4.69, 9.17) is 0 Å². The lowest BCUT2D eigenvalue weighted by molar-refractivity contribution is 0.248. The average molecular weight is 241 g/mol. The molecule has 0 heterocycles. The van der Waals surface area contributed by atoms with Gasteiger partial charge in [-0.3, -0.25) is 0 Å². The van der Waals surface area contributed by atoms with Gasteiger partial charge in [0.05, 0.1) is 0 Å². The first-order valence-electron chi connectivity index (χ1n) is 7.74. The molecule has 0 aliphatic rings. The minimum absolute atomic E-state index is 0.741. The molecule has 0 aromatic carbocycles. The van der Waals surface area contributed by atoms with Crippen molar-refractivity contribution < 1.29 is 0 Å². The van der Waals surface area contributed by atoms with E-state index in [0.29, 0.717) is 0 Å². The van der Waals surface area contributed by atoms with Crippen LogP contribution in [0.5, 0.6) is 0 Å². The van der Waals surface area contributed by atoms with Crippen LogP contribution >= 0.6 is 0 Å². The summed E-state index contributed by atoms with van der Waals surface area (Å²) in [6.07, 6.45) is 6.63. The molecule has 1 nitrogen and oxygen atoms in total. The van der Waals surface area contributed by atoms with Gasteiger partial charge in [-0.1, -0.05) is 48.0 Å². The molecule has 0 radical (unpaired) electrons. The van der Waals surface area contributed by atoms with E-state index in [2.05, 4.69) is 46.9 Å². The average Bonchev–Trinajstić information content (AvgIpc) is 2.22. The predicted octanol–water partition coefficient (Wildman–Crippen LogP) is 4.86. The standard InChI is InChI=1S/C16H35N/c1-7-9-16(17-10-8-2)15(11-13(3)4)12-14(5)6/h13-17H,7-12H2,1-6H3. The fraction of sp³-hybridized carbons (Fsp3) is 1.00. The van der Waals surface area contributed by atoms with Crippen LogP contribution in [-0.4, -0.2) is 12.6 Å². The monoisotopic (exact) mass is 241 g/mol. The molecule has 17 heavy (non-hydrogen) atoms. The summed E-state index contributed by atoms with van der Waals surface area (Å²) in [7, 11) is 0. The quantitative estimate of drug-likeness (QED) is 0.576. The molecule has 0 spiro atoms. The topological polar surface area (TPSA) is 12.0 Å². The maximum Gasteiger partial charge on any atom is 0.00954 e. The van der Waals surface area contributed by atoms with Gasteiger partial charge in [-0.15, -0.1) is 0 Å². The number of hydrogen-bond acceptors (Lipinski definition) is 1. The van der Waals surface area contributed by atoms with Crippen LogP contribution in [0.3, 0.4) is 0 Å². The lowest BCUT2D eigenvalue weighted by Crippen LogP contribution is -2.38. The second kappa shape index (κ2) is 9.94. The highest BCUT2D eigenvalue weighted by molar-refractivity contribution is 4.78. The SMILES string of the molecule is CCCNC(CCC)C(CC(C)C)CC(C)C. The van der Waals surface area contributed by atoms with Crippen LogP contribution in [0.1, 0.15) is 73.6 Å². The van der Waals surface area contributed by atoms with Gasteiger partial charge in [0.2, 0.25) is 0 Å². The van der Waals surface area contributed by atoms with Crippen LogP contribution in [0.4, 0.5) is 0 Å². The molecule has 0 amide bonds. The maximum absolute atomic E-state index is 3.78. The zero-order valence-electron chi connectivity index (χ0n) is 13.1. The fourth-order valence-corrected chi connectivity index (χ4v) is 2.78. The molecule has 0 fully saturated rings. The van der Waals surface area contributed by atoms with Crippen LogP contribution in [-0.2, 0) is 0 Å². The zero-order valence-corrected chi connectivity index (χ0v) is 13.1. The highest BCUT2D eigenvalue weighted by Crippen LogP contribution is 2.25. The van der Waals surface area contributed by atoms with Crippen LogP contribution in [0, 0.1) is 17.8 Å². The van der Waals surface area contributed by atoms with E-state index in [0.717, 1.165) is 23.8 Å². The molecule has 1 N–H and O–H groups in total. The van der Waals surface area contributed by atoms with E-state index in [1.807, 2.05) is 0 Å². The highest BCUT2D eigenvalue weighted by Gasteiger charge is 2.22. The Hall–Kier alpha value is -0.0400. The molecular formula is C16H35N. The molecule has 0 aliphatic heterocycles. The second-order valence-corrected chi connectivity index (χ2v) is 6.37. The molecule has 0 saturated carbocycles. The van der Waals surface area contributed by atoms with E-state index in [9.17, 15) is 0 Å². The first-order chi connectivity index (χ1) is 8.01. The third-order valence-electron chi connectivity index (χ3n) is 3.37. The smallest absolute Gasteiger partial charge is 0.00954 e. The van der Waals surface area contributed by atoms with Crippen LogP contribution in [0.25, 0.3) is 0 Å². The molecule has 0 bridgehead atoms. The summed E-state index contributed by atoms with van der Waals surface area (Å²) in [5.41, 5.74) is 0. The zero-order chi connectivity index (χ0) is 13.3. The Labute approximate surface area is 110 Å². The Balaban J connectivity index is 4.42. The van der Waals surface area contributed by atoms with Crippen molar-refractivity contribution >= 4 is 0 Å². The third-order valence-corrected chi connectivity index (χ3v) is 3.37. The highest BCUT2D eigenvalue weighted by atomic mass is 14.9. The summed E-state index contributed by atoms with van der Waals surface area (Å²) in [5.74, 6) is 2.50. The molecule has 0 aromatic rings. The molecule has 0 rings (SSSR count). The van der Waals surface area contributed by atoms with E-state index >= 15 is 0 Å². The summed E-state index contributed by atoms with van der Waals surface area (Å²) in [6, 6.07) is 0.741. The molecule has 0 saturated heterocycles. The van der Waals surface area contributed by atoms with Crippen molar-refractivity contribution in [2.45, 2.75) is 79.7 Å². The fourth-order valence-electron chi connectivity index (χ4n) is 2.78. The van der Waals surface area contributed by atoms with Gasteiger partial charge in [0, 0.05) is 6.04 Å². The first-order valence-corrected chi connectivity index (χ1v) is 7.74. The van der Waals surface area contributed by atoms with Gasteiger partial charge in [-0.05, 0) is 50.0 Å². The third kappa shape index (κ3) is 8.65. The Kier molecular flexibility index (Phi) is 9.91. The van der Waals surface area contributed by atoms with Crippen LogP contribution in [0.2, 0.25) is 0 Å². The van der Waals surface area contributed by atoms with Crippen molar-refractivity contribution in [2.75, 3.05) is 6.54 Å². The maximum atomic E-state index is 3.78. The van der Waals surface area contributed by atoms with Crippen LogP contribution < -0.4 is 5.32 Å². The largest absolute Gasteiger partial charge is 0.314 e. The van der Waals surface area contributed by atoms with E-state index < -0.39 is 0 Å². The summed E-state index contributed by atoms with van der Waals surface area (Å²) < 4.78 is 0. The lowest BCUT2D eigenvalue weighted by Gasteiger charge is -2.30. The van der Waals surface area contributed by atoms with Gasteiger partial charge >= 0.3 is 0 Å². The van der Waals surface area contributed by atoms with Crippen molar-refractivity contribution in [1.29, 1.82) is 0 Å². The molecule has 0 aliphatic carbocycles. The Morgan fingerprint density at radius 2 is 1.35 bits per heavy atom. The van der Waals surface area contributed by atoms with Crippen LogP contribution in [0.15, 0.2) is 0 Å². The second-order valence-electron chi connectivity index (χ2n) is 6.37. The molecule has 1 heteroatoms. The summed E-state index contributed by atoms with van der Waals surface area (Å²) in [5, 5.41) is 3.78. The Morgan fingerprint density at radius 3 is 1.71 bits per heavy atom. The van der Waals surface area contributed by atoms with Crippen molar-refractivity contribution in [1.82, 2.24) is 5.32 Å². The lowest BCUT2D eigenvalue weighted by atomic mass is 9.82. The van der Waals surface area contributed by atoms with E-state index in [1.165, 1.54) is 38.6 Å². The van der Waals surface area contributed by atoms with Crippen molar-refractivity contribution in [3.63, 3.8) is 0 Å². The predicted molar refractivity (Wildman–Crippen MR) is 79.4 cm³/mol. The van der Waals surface area contributed by atoms with E-state index in [1.54, 1.807) is 0 Å². The van der Waals surface area contributed by atoms with Crippen molar-refractivity contribution in [2.24, 2.45) is 17.8 Å². The molecular weight excluding hydrogens is 206 g/mol. The molecule has 1 atom stereocenters.